The van der Waals surface area contributed by atoms with Crippen molar-refractivity contribution >= 4 is 12.0 Å². The number of aliphatic carboxylic acids is 1. The number of aliphatic hydroxyl groups is 1. The zero-order valence-corrected chi connectivity index (χ0v) is 12.0. The van der Waals surface area contributed by atoms with Crippen LogP contribution >= 0.6 is 0 Å². The van der Waals surface area contributed by atoms with Crippen molar-refractivity contribution in [3.8, 4) is 0 Å². The summed E-state index contributed by atoms with van der Waals surface area (Å²) >= 11 is 0. The van der Waals surface area contributed by atoms with Gasteiger partial charge in [0.2, 0.25) is 0 Å². The van der Waals surface area contributed by atoms with E-state index in [9.17, 15) is 14.7 Å². The molecule has 0 aliphatic carbocycles. The minimum Gasteiger partial charge on any atom is -0.480 e. The molecule has 0 aromatic rings. The van der Waals surface area contributed by atoms with Gasteiger partial charge in [0.05, 0.1) is 6.10 Å². The van der Waals surface area contributed by atoms with E-state index < -0.39 is 18.1 Å². The van der Waals surface area contributed by atoms with Gasteiger partial charge in [0.15, 0.2) is 0 Å². The highest BCUT2D eigenvalue weighted by molar-refractivity contribution is 5.83. The second-order valence-corrected chi connectivity index (χ2v) is 5.87. The molecule has 2 saturated heterocycles. The highest BCUT2D eigenvalue weighted by atomic mass is 16.4. The fourth-order valence-electron chi connectivity index (χ4n) is 3.21. The van der Waals surface area contributed by atoms with Crippen LogP contribution < -0.4 is 0 Å². The fourth-order valence-corrected chi connectivity index (χ4v) is 3.21. The Labute approximate surface area is 119 Å². The molecule has 0 saturated carbocycles. The van der Waals surface area contributed by atoms with E-state index in [-0.39, 0.29) is 19.0 Å². The van der Waals surface area contributed by atoms with Gasteiger partial charge in [-0.3, -0.25) is 0 Å². The summed E-state index contributed by atoms with van der Waals surface area (Å²) in [7, 11) is 0. The van der Waals surface area contributed by atoms with Crippen LogP contribution in [0.2, 0.25) is 0 Å². The highest BCUT2D eigenvalue weighted by Crippen LogP contribution is 2.24. The predicted octanol–water partition coefficient (Wildman–Crippen LogP) is 1.14. The van der Waals surface area contributed by atoms with E-state index >= 15 is 0 Å². The summed E-state index contributed by atoms with van der Waals surface area (Å²) in [5, 5.41) is 18.8. The molecule has 0 aromatic carbocycles. The number of carboxylic acids is 1. The fraction of sp³-hybridized carbons (Fsp3) is 0.857. The van der Waals surface area contributed by atoms with Crippen molar-refractivity contribution in [2.24, 2.45) is 5.92 Å². The van der Waals surface area contributed by atoms with Gasteiger partial charge in [0.1, 0.15) is 6.04 Å². The van der Waals surface area contributed by atoms with Crippen molar-refractivity contribution in [2.45, 2.75) is 51.2 Å². The first-order chi connectivity index (χ1) is 9.52. The third-order valence-corrected chi connectivity index (χ3v) is 4.51. The molecule has 114 valence electrons. The van der Waals surface area contributed by atoms with Gasteiger partial charge in [0.25, 0.3) is 0 Å². The van der Waals surface area contributed by atoms with E-state index in [4.69, 9.17) is 5.11 Å². The van der Waals surface area contributed by atoms with Crippen molar-refractivity contribution in [2.75, 3.05) is 19.6 Å². The number of hydrogen-bond acceptors (Lipinski definition) is 3. The highest BCUT2D eigenvalue weighted by Gasteiger charge is 2.40. The molecule has 6 heteroatoms. The smallest absolute Gasteiger partial charge is 0.326 e. The standard InChI is InChI=1S/C14H24N2O4/c1-2-10-4-3-6-15(7-5-10)14(20)16-9-11(17)8-12(16)13(18)19/h10-12,17H,2-9H2,1H3,(H,18,19)/t10?,11-,12-/m1/s1. The molecule has 2 amide bonds. The Morgan fingerprint density at radius 3 is 2.65 bits per heavy atom. The Bertz CT molecular complexity index is 374. The third-order valence-electron chi connectivity index (χ3n) is 4.51. The van der Waals surface area contributed by atoms with Crippen molar-refractivity contribution in [1.82, 2.24) is 9.80 Å². The van der Waals surface area contributed by atoms with E-state index in [1.54, 1.807) is 4.90 Å². The average molecular weight is 284 g/mol. The maximum Gasteiger partial charge on any atom is 0.326 e. The van der Waals surface area contributed by atoms with Gasteiger partial charge in [0, 0.05) is 26.1 Å². The van der Waals surface area contributed by atoms with Crippen LogP contribution in [0.5, 0.6) is 0 Å². The number of nitrogens with zero attached hydrogens (tertiary/aromatic N) is 2. The number of rotatable bonds is 2. The second-order valence-electron chi connectivity index (χ2n) is 5.87. The molecule has 2 aliphatic rings. The summed E-state index contributed by atoms with van der Waals surface area (Å²) in [5.74, 6) is -0.372. The van der Waals surface area contributed by atoms with Crippen LogP contribution in [-0.2, 0) is 4.79 Å². The Morgan fingerprint density at radius 1 is 1.25 bits per heavy atom. The van der Waals surface area contributed by atoms with Crippen LogP contribution in [0.4, 0.5) is 4.79 Å². The largest absolute Gasteiger partial charge is 0.480 e. The molecule has 2 heterocycles. The van der Waals surface area contributed by atoms with Crippen molar-refractivity contribution < 1.29 is 19.8 Å². The lowest BCUT2D eigenvalue weighted by Gasteiger charge is -2.29. The Morgan fingerprint density at radius 2 is 2.00 bits per heavy atom. The van der Waals surface area contributed by atoms with E-state index in [1.807, 2.05) is 0 Å². The van der Waals surface area contributed by atoms with Gasteiger partial charge in [-0.05, 0) is 25.2 Å². The van der Waals surface area contributed by atoms with Gasteiger partial charge >= 0.3 is 12.0 Å². The Hall–Kier alpha value is -1.30. The van der Waals surface area contributed by atoms with Crippen LogP contribution in [0.1, 0.15) is 39.0 Å². The van der Waals surface area contributed by atoms with Gasteiger partial charge in [-0.15, -0.1) is 0 Å². The maximum atomic E-state index is 12.5. The lowest BCUT2D eigenvalue weighted by molar-refractivity contribution is -0.141. The summed E-state index contributed by atoms with van der Waals surface area (Å²) in [5.41, 5.74) is 0. The zero-order chi connectivity index (χ0) is 14.7. The van der Waals surface area contributed by atoms with E-state index in [1.165, 1.54) is 4.90 Å². The van der Waals surface area contributed by atoms with Crippen LogP contribution in [0.15, 0.2) is 0 Å². The third kappa shape index (κ3) is 3.23. The minimum atomic E-state index is -1.03. The Kier molecular flexibility index (Phi) is 4.86. The van der Waals surface area contributed by atoms with Gasteiger partial charge in [-0.1, -0.05) is 13.3 Å². The minimum absolute atomic E-state index is 0.128. The van der Waals surface area contributed by atoms with Crippen LogP contribution in [0.25, 0.3) is 0 Å². The molecular weight excluding hydrogens is 260 g/mol. The van der Waals surface area contributed by atoms with Gasteiger partial charge in [-0.25, -0.2) is 9.59 Å². The molecule has 20 heavy (non-hydrogen) atoms. The van der Waals surface area contributed by atoms with Crippen molar-refractivity contribution in [1.29, 1.82) is 0 Å². The number of carboxylic acid groups (broad SMARTS) is 1. The van der Waals surface area contributed by atoms with Crippen molar-refractivity contribution in [3.05, 3.63) is 0 Å². The normalized spacial score (nSPS) is 31.2. The molecule has 0 aromatic heterocycles. The molecule has 1 unspecified atom stereocenters. The number of carbonyl (C=O) groups is 2. The summed E-state index contributed by atoms with van der Waals surface area (Å²) in [4.78, 5) is 26.7. The molecular formula is C14H24N2O4. The zero-order valence-electron chi connectivity index (χ0n) is 12.0. The van der Waals surface area contributed by atoms with Crippen LogP contribution in [0.3, 0.4) is 0 Å². The monoisotopic (exact) mass is 284 g/mol. The summed E-state index contributed by atoms with van der Waals surface area (Å²) in [6.07, 6.45) is 3.62. The number of carbonyl (C=O) groups excluding carboxylic acids is 1. The summed E-state index contributed by atoms with van der Waals surface area (Å²) in [6.45, 7) is 3.67. The lowest BCUT2D eigenvalue weighted by Crippen LogP contribution is -2.48. The second kappa shape index (κ2) is 6.43. The summed E-state index contributed by atoms with van der Waals surface area (Å²) < 4.78 is 0. The first-order valence-corrected chi connectivity index (χ1v) is 7.49. The Balaban J connectivity index is 2.01. The predicted molar refractivity (Wildman–Crippen MR) is 73.4 cm³/mol. The molecule has 3 atom stereocenters. The van der Waals surface area contributed by atoms with E-state index in [0.29, 0.717) is 19.0 Å². The SMILES string of the molecule is CCC1CCCN(C(=O)N2C[C@H](O)C[C@@H]2C(=O)O)CC1. The molecule has 2 aliphatic heterocycles. The molecule has 2 fully saturated rings. The number of amides is 2. The number of aliphatic hydroxyl groups excluding tert-OH is 1. The molecule has 0 radical (unpaired) electrons. The number of likely N-dealkylation sites (tertiary alicyclic amines) is 2. The average Bonchev–Trinajstić information content (AvgIpc) is 2.67. The molecule has 2 N–H and O–H groups in total. The number of β-amino-alcohol motifs (C(OH)–C–C–N with tert-alkyl or cyclic N) is 1. The quantitative estimate of drug-likeness (QED) is 0.796. The maximum absolute atomic E-state index is 12.5. The molecule has 2 rings (SSSR count). The molecule has 0 spiro atoms. The molecule has 6 nitrogen and oxygen atoms in total. The summed E-state index contributed by atoms with van der Waals surface area (Å²) in [6, 6.07) is -1.12. The van der Waals surface area contributed by atoms with Gasteiger partial charge in [-0.2, -0.15) is 0 Å². The van der Waals surface area contributed by atoms with Gasteiger partial charge < -0.3 is 20.0 Å². The topological polar surface area (TPSA) is 81.1 Å². The van der Waals surface area contributed by atoms with Crippen LogP contribution in [0, 0.1) is 5.92 Å². The van der Waals surface area contributed by atoms with E-state index in [2.05, 4.69) is 6.92 Å². The first-order valence-electron chi connectivity index (χ1n) is 7.49. The lowest BCUT2D eigenvalue weighted by atomic mass is 9.98. The number of urea groups is 1. The van der Waals surface area contributed by atoms with Crippen LogP contribution in [-0.4, -0.2) is 63.8 Å². The number of hydrogen-bond donors (Lipinski definition) is 2. The van der Waals surface area contributed by atoms with E-state index in [0.717, 1.165) is 25.7 Å². The first kappa shape index (κ1) is 15.1. The van der Waals surface area contributed by atoms with Crippen molar-refractivity contribution in [3.63, 3.8) is 0 Å². The molecule has 0 bridgehead atoms.